The number of unbranched alkanes of at least 4 members (excludes halogenated alkanes) is 8. The van der Waals surface area contributed by atoms with E-state index in [0.29, 0.717) is 0 Å². The summed E-state index contributed by atoms with van der Waals surface area (Å²) in [5.74, 6) is 0. The molecule has 0 radical (unpaired) electrons. The molecule has 0 aliphatic rings. The predicted molar refractivity (Wildman–Crippen MR) is 83.1 cm³/mol. The zero-order valence-corrected chi connectivity index (χ0v) is 13.6. The molecule has 0 rings (SSSR count). The molecule has 0 bridgehead atoms. The Kier molecular flexibility index (Phi) is 14.9. The summed E-state index contributed by atoms with van der Waals surface area (Å²) in [4.78, 5) is 2.50. The maximum atomic E-state index is 3.48. The Balaban J connectivity index is 3.05. The molecule has 1 nitrogen and oxygen atoms in total. The van der Waals surface area contributed by atoms with Gasteiger partial charge in [0, 0.05) is 5.33 Å². The lowest BCUT2D eigenvalue weighted by atomic mass is 10.1. The van der Waals surface area contributed by atoms with Crippen LogP contribution in [-0.4, -0.2) is 30.4 Å². The zero-order chi connectivity index (χ0) is 12.8. The molecule has 0 aliphatic carbocycles. The third-order valence-corrected chi connectivity index (χ3v) is 3.88. The summed E-state index contributed by atoms with van der Waals surface area (Å²) in [6, 6.07) is 0. The van der Waals surface area contributed by atoms with Gasteiger partial charge in [0.15, 0.2) is 0 Å². The van der Waals surface area contributed by atoms with Gasteiger partial charge in [-0.15, -0.1) is 0 Å². The van der Waals surface area contributed by atoms with Gasteiger partial charge >= 0.3 is 0 Å². The molecule has 0 saturated carbocycles. The molecule has 0 fully saturated rings. The van der Waals surface area contributed by atoms with Crippen molar-refractivity contribution >= 4 is 15.9 Å². The largest absolute Gasteiger partial charge is 0.306 e. The molecule has 0 spiro atoms. The number of hydrogen-bond acceptors (Lipinski definition) is 1. The van der Waals surface area contributed by atoms with E-state index in [9.17, 15) is 0 Å². The summed E-state index contributed by atoms with van der Waals surface area (Å²) in [6.07, 6.45) is 14.0. The number of nitrogens with zero attached hydrogens (tertiary/aromatic N) is 1. The highest BCUT2D eigenvalue weighted by Crippen LogP contribution is 2.08. The highest BCUT2D eigenvalue weighted by molar-refractivity contribution is 9.09. The number of alkyl halides is 1. The van der Waals surface area contributed by atoms with Crippen molar-refractivity contribution in [2.75, 3.05) is 25.5 Å². The van der Waals surface area contributed by atoms with Crippen LogP contribution in [0, 0.1) is 0 Å². The molecule has 0 atom stereocenters. The fraction of sp³-hybridized carbons (Fsp3) is 1.00. The number of hydrogen-bond donors (Lipinski definition) is 0. The highest BCUT2D eigenvalue weighted by atomic mass is 79.9. The molecule has 17 heavy (non-hydrogen) atoms. The first-order valence-corrected chi connectivity index (χ1v) is 8.68. The maximum Gasteiger partial charge on any atom is 0.00313 e. The van der Waals surface area contributed by atoms with E-state index in [-0.39, 0.29) is 0 Å². The molecule has 0 aromatic carbocycles. The predicted octanol–water partition coefficient (Wildman–Crippen LogP) is 5.23. The van der Waals surface area contributed by atoms with Gasteiger partial charge in [-0.3, -0.25) is 0 Å². The lowest BCUT2D eigenvalue weighted by molar-refractivity contribution is 0.316. The molecule has 0 heterocycles. The van der Waals surface area contributed by atoms with Crippen molar-refractivity contribution in [2.24, 2.45) is 0 Å². The monoisotopic (exact) mass is 305 g/mol. The Morgan fingerprint density at radius 3 is 1.71 bits per heavy atom. The van der Waals surface area contributed by atoms with Crippen LogP contribution in [0.3, 0.4) is 0 Å². The fourth-order valence-electron chi connectivity index (χ4n) is 2.10. The molecule has 2 heteroatoms. The van der Waals surface area contributed by atoms with Gasteiger partial charge in [-0.25, -0.2) is 0 Å². The number of halogens is 1. The molecule has 0 saturated heterocycles. The highest BCUT2D eigenvalue weighted by Gasteiger charge is 1.97. The summed E-state index contributed by atoms with van der Waals surface area (Å²) in [5.41, 5.74) is 0. The Morgan fingerprint density at radius 2 is 1.18 bits per heavy atom. The summed E-state index contributed by atoms with van der Waals surface area (Å²) >= 11 is 3.48. The Hall–Kier alpha value is 0.440. The van der Waals surface area contributed by atoms with Gasteiger partial charge in [0.2, 0.25) is 0 Å². The smallest absolute Gasteiger partial charge is 0.00313 e. The van der Waals surface area contributed by atoms with Gasteiger partial charge in [-0.05, 0) is 39.4 Å². The molecular weight excluding hydrogens is 274 g/mol. The summed E-state index contributed by atoms with van der Waals surface area (Å²) < 4.78 is 0. The third-order valence-electron chi connectivity index (χ3n) is 3.32. The molecule has 0 unspecified atom stereocenters. The van der Waals surface area contributed by atoms with Crippen LogP contribution in [0.4, 0.5) is 0 Å². The van der Waals surface area contributed by atoms with Crippen molar-refractivity contribution in [3.8, 4) is 0 Å². The maximum absolute atomic E-state index is 3.48. The van der Waals surface area contributed by atoms with E-state index in [1.807, 2.05) is 0 Å². The Bertz CT molecular complexity index is 139. The lowest BCUT2D eigenvalue weighted by Gasteiger charge is -2.15. The second-order valence-corrected chi connectivity index (χ2v) is 5.97. The van der Waals surface area contributed by atoms with Crippen LogP contribution in [0.15, 0.2) is 0 Å². The first kappa shape index (κ1) is 17.4. The molecular formula is C15H32BrN. The van der Waals surface area contributed by atoms with Gasteiger partial charge in [0.1, 0.15) is 0 Å². The van der Waals surface area contributed by atoms with Crippen molar-refractivity contribution in [1.82, 2.24) is 4.90 Å². The van der Waals surface area contributed by atoms with Gasteiger partial charge in [-0.1, -0.05) is 67.8 Å². The summed E-state index contributed by atoms with van der Waals surface area (Å²) in [6.45, 7) is 4.86. The SMILES string of the molecule is CCCCCN(C)CCCCCCCCCBr. The van der Waals surface area contributed by atoms with Crippen LogP contribution in [0.2, 0.25) is 0 Å². The lowest BCUT2D eigenvalue weighted by Crippen LogP contribution is -2.20. The van der Waals surface area contributed by atoms with Crippen LogP contribution in [0.1, 0.15) is 71.1 Å². The van der Waals surface area contributed by atoms with Gasteiger partial charge in [0.25, 0.3) is 0 Å². The van der Waals surface area contributed by atoms with Crippen molar-refractivity contribution in [3.05, 3.63) is 0 Å². The van der Waals surface area contributed by atoms with Gasteiger partial charge < -0.3 is 4.90 Å². The quantitative estimate of drug-likeness (QED) is 0.332. The summed E-state index contributed by atoms with van der Waals surface area (Å²) in [5, 5.41) is 1.18. The van der Waals surface area contributed by atoms with Crippen molar-refractivity contribution in [3.63, 3.8) is 0 Å². The van der Waals surface area contributed by atoms with E-state index in [0.717, 1.165) is 0 Å². The second-order valence-electron chi connectivity index (χ2n) is 5.17. The van der Waals surface area contributed by atoms with Gasteiger partial charge in [0.05, 0.1) is 0 Å². The average molecular weight is 306 g/mol. The van der Waals surface area contributed by atoms with Crippen molar-refractivity contribution in [2.45, 2.75) is 71.1 Å². The topological polar surface area (TPSA) is 3.24 Å². The second kappa shape index (κ2) is 14.5. The first-order chi connectivity index (χ1) is 8.31. The standard InChI is InChI=1S/C15H32BrN/c1-3-4-11-14-17(2)15-12-9-7-5-6-8-10-13-16/h3-15H2,1-2H3. The Labute approximate surface area is 117 Å². The molecule has 0 aromatic rings. The van der Waals surface area contributed by atoms with E-state index in [4.69, 9.17) is 0 Å². The number of rotatable bonds is 13. The van der Waals surface area contributed by atoms with E-state index in [2.05, 4.69) is 34.8 Å². The van der Waals surface area contributed by atoms with Crippen LogP contribution in [-0.2, 0) is 0 Å². The molecule has 0 N–H and O–H groups in total. The zero-order valence-electron chi connectivity index (χ0n) is 12.0. The van der Waals surface area contributed by atoms with Crippen molar-refractivity contribution in [1.29, 1.82) is 0 Å². The first-order valence-electron chi connectivity index (χ1n) is 7.55. The molecule has 0 aliphatic heterocycles. The van der Waals surface area contributed by atoms with Crippen LogP contribution >= 0.6 is 15.9 Å². The van der Waals surface area contributed by atoms with E-state index in [1.165, 1.54) is 82.6 Å². The molecule has 0 amide bonds. The Morgan fingerprint density at radius 1 is 0.706 bits per heavy atom. The van der Waals surface area contributed by atoms with E-state index < -0.39 is 0 Å². The van der Waals surface area contributed by atoms with E-state index in [1.54, 1.807) is 0 Å². The third kappa shape index (κ3) is 14.4. The molecule has 0 aromatic heterocycles. The fourth-order valence-corrected chi connectivity index (χ4v) is 2.50. The van der Waals surface area contributed by atoms with Gasteiger partial charge in [-0.2, -0.15) is 0 Å². The van der Waals surface area contributed by atoms with Crippen molar-refractivity contribution < 1.29 is 0 Å². The molecule has 104 valence electrons. The minimum absolute atomic E-state index is 1.18. The van der Waals surface area contributed by atoms with Crippen LogP contribution in [0.25, 0.3) is 0 Å². The summed E-state index contributed by atoms with van der Waals surface area (Å²) in [7, 11) is 2.27. The van der Waals surface area contributed by atoms with E-state index >= 15 is 0 Å². The van der Waals surface area contributed by atoms with Crippen LogP contribution in [0.5, 0.6) is 0 Å². The normalized spacial score (nSPS) is 11.3. The minimum Gasteiger partial charge on any atom is -0.306 e. The van der Waals surface area contributed by atoms with Crippen LogP contribution < -0.4 is 0 Å². The average Bonchev–Trinajstić information content (AvgIpc) is 2.33. The minimum atomic E-state index is 1.18.